The molecule has 4 aromatic carbocycles. The maximum absolute atomic E-state index is 14.4. The molecule has 0 aliphatic carbocycles. The Morgan fingerprint density at radius 3 is 1.33 bits per heavy atom. The van der Waals surface area contributed by atoms with E-state index >= 15 is 0 Å². The third-order valence-electron chi connectivity index (χ3n) is 10.5. The Kier molecular flexibility index (Phi) is 13.5. The van der Waals surface area contributed by atoms with Crippen LogP contribution in [0.2, 0.25) is 0 Å². The SMILES string of the molecule is O=C(NCCCOCCOCCCNC(=O)c1cc(-c2ccc(F)c(C(=O)O)c2)c2c(-c3ccccc3)n[nH]c2n1)c1cc(-c2ccc(F)c(C(=O)O)c2)c2c(-c3ccccc3)n[nH]c2n1. The summed E-state index contributed by atoms with van der Waals surface area (Å²) in [7, 11) is 0. The quantitative estimate of drug-likeness (QED) is 0.0432. The van der Waals surface area contributed by atoms with E-state index in [1.807, 2.05) is 60.7 Å². The van der Waals surface area contributed by atoms with E-state index in [0.29, 0.717) is 81.8 Å². The van der Waals surface area contributed by atoms with Crippen molar-refractivity contribution in [3.8, 4) is 44.8 Å². The van der Waals surface area contributed by atoms with Gasteiger partial charge < -0.3 is 30.3 Å². The number of benzene rings is 4. The minimum absolute atomic E-state index is 0.0471. The van der Waals surface area contributed by atoms with Crippen molar-refractivity contribution in [2.45, 2.75) is 12.8 Å². The molecule has 0 aliphatic rings. The summed E-state index contributed by atoms with van der Waals surface area (Å²) in [6, 6.07) is 29.0. The Balaban J connectivity index is 0.803. The predicted molar refractivity (Wildman–Crippen MR) is 239 cm³/mol. The van der Waals surface area contributed by atoms with Crippen LogP contribution in [0.15, 0.2) is 109 Å². The summed E-state index contributed by atoms with van der Waals surface area (Å²) < 4.78 is 40.1. The second-order valence-corrected chi connectivity index (χ2v) is 14.9. The molecule has 16 nitrogen and oxygen atoms in total. The number of H-pyrrole nitrogens is 2. The van der Waals surface area contributed by atoms with Gasteiger partial charge in [0, 0.05) is 37.4 Å². The number of fused-ring (bicyclic) bond motifs is 2. The van der Waals surface area contributed by atoms with Gasteiger partial charge in [0.05, 0.1) is 35.1 Å². The average molecular weight is 895 g/mol. The number of nitrogens with zero attached hydrogens (tertiary/aromatic N) is 4. The van der Waals surface area contributed by atoms with E-state index in [0.717, 1.165) is 23.3 Å². The molecule has 66 heavy (non-hydrogen) atoms. The zero-order valence-corrected chi connectivity index (χ0v) is 34.9. The summed E-state index contributed by atoms with van der Waals surface area (Å²) in [5.74, 6) is -5.60. The van der Waals surface area contributed by atoms with Crippen LogP contribution in [-0.2, 0) is 9.47 Å². The fraction of sp³-hybridized carbons (Fsp3) is 0.167. The third kappa shape index (κ3) is 9.79. The minimum atomic E-state index is -1.43. The topological polar surface area (TPSA) is 234 Å². The van der Waals surface area contributed by atoms with Crippen molar-refractivity contribution in [1.82, 2.24) is 41.0 Å². The summed E-state index contributed by atoms with van der Waals surface area (Å²) in [4.78, 5) is 59.1. The molecule has 0 spiro atoms. The molecule has 0 radical (unpaired) electrons. The van der Waals surface area contributed by atoms with E-state index < -0.39 is 46.5 Å². The first-order valence-electron chi connectivity index (χ1n) is 20.7. The molecule has 0 saturated carbocycles. The number of aromatic amines is 2. The number of carboxylic acid groups (broad SMARTS) is 2. The van der Waals surface area contributed by atoms with Gasteiger partial charge in [-0.05, 0) is 71.5 Å². The zero-order valence-electron chi connectivity index (χ0n) is 34.9. The standard InChI is InChI=1S/C48H40F2N8O8/c49-35-15-13-29(23-33(35)47(61)62)31-25-37(53-43-39(31)41(55-57-43)27-9-3-1-4-10-27)45(59)51-17-7-19-65-21-22-66-20-8-18-52-46(60)38-26-32(30-14-16-36(50)34(24-30)48(63)64)40-42(56-58-44(40)54-38)28-11-5-2-6-12-28/h1-6,9-16,23-26H,7-8,17-22H2,(H,51,59)(H,52,60)(H,61,62)(H,63,64)(H,53,55,57)(H,54,56,58). The molecule has 8 aromatic rings. The van der Waals surface area contributed by atoms with Crippen molar-refractivity contribution in [2.24, 2.45) is 0 Å². The first kappa shape index (κ1) is 44.4. The van der Waals surface area contributed by atoms with Crippen molar-refractivity contribution < 1.29 is 47.6 Å². The largest absolute Gasteiger partial charge is 0.478 e. The Morgan fingerprint density at radius 1 is 0.530 bits per heavy atom. The molecule has 0 atom stereocenters. The molecule has 4 heterocycles. The molecular weight excluding hydrogens is 855 g/mol. The van der Waals surface area contributed by atoms with E-state index in [2.05, 4.69) is 41.0 Å². The maximum Gasteiger partial charge on any atom is 0.338 e. The highest BCUT2D eigenvalue weighted by atomic mass is 19.1. The normalized spacial score (nSPS) is 11.2. The highest BCUT2D eigenvalue weighted by Gasteiger charge is 2.23. The number of hydrogen-bond donors (Lipinski definition) is 6. The van der Waals surface area contributed by atoms with E-state index in [1.54, 1.807) is 0 Å². The first-order valence-corrected chi connectivity index (χ1v) is 20.7. The second-order valence-electron chi connectivity index (χ2n) is 14.9. The van der Waals surface area contributed by atoms with Gasteiger partial charge in [-0.1, -0.05) is 72.8 Å². The molecule has 334 valence electrons. The number of halogens is 2. The van der Waals surface area contributed by atoms with Gasteiger partial charge in [-0.25, -0.2) is 28.3 Å². The van der Waals surface area contributed by atoms with Gasteiger partial charge in [-0.2, -0.15) is 10.2 Å². The molecule has 0 unspecified atom stereocenters. The number of carbonyl (C=O) groups excluding carboxylic acids is 2. The number of pyridine rings is 2. The number of nitrogens with one attached hydrogen (secondary N) is 4. The smallest absolute Gasteiger partial charge is 0.338 e. The van der Waals surface area contributed by atoms with Crippen molar-refractivity contribution in [2.75, 3.05) is 39.5 Å². The molecule has 8 rings (SSSR count). The number of hydrogen-bond acceptors (Lipinski definition) is 10. The zero-order chi connectivity index (χ0) is 46.2. The van der Waals surface area contributed by atoms with Crippen LogP contribution in [0.1, 0.15) is 54.5 Å². The fourth-order valence-corrected chi connectivity index (χ4v) is 7.33. The Hall–Kier alpha value is -8.22. The van der Waals surface area contributed by atoms with E-state index in [1.165, 1.54) is 36.4 Å². The lowest BCUT2D eigenvalue weighted by Crippen LogP contribution is -2.26. The lowest BCUT2D eigenvalue weighted by atomic mass is 9.97. The molecular formula is C48H40F2N8O8. The van der Waals surface area contributed by atoms with Gasteiger partial charge >= 0.3 is 11.9 Å². The monoisotopic (exact) mass is 894 g/mol. The summed E-state index contributed by atoms with van der Waals surface area (Å²) in [6.07, 6.45) is 0.953. The van der Waals surface area contributed by atoms with Gasteiger partial charge in [0.1, 0.15) is 34.4 Å². The van der Waals surface area contributed by atoms with Gasteiger partial charge in [0.25, 0.3) is 11.8 Å². The number of amides is 2. The van der Waals surface area contributed by atoms with Crippen molar-refractivity contribution in [3.05, 3.63) is 143 Å². The molecule has 18 heteroatoms. The molecule has 6 N–H and O–H groups in total. The summed E-state index contributed by atoms with van der Waals surface area (Å²) in [5, 5.41) is 40.5. The van der Waals surface area contributed by atoms with Crippen molar-refractivity contribution >= 4 is 45.8 Å². The van der Waals surface area contributed by atoms with Gasteiger partial charge in [-0.3, -0.25) is 19.8 Å². The van der Waals surface area contributed by atoms with Gasteiger partial charge in [0.15, 0.2) is 11.3 Å². The molecule has 0 fully saturated rings. The van der Waals surface area contributed by atoms with Crippen LogP contribution in [0.25, 0.3) is 66.8 Å². The number of carboxylic acids is 2. The predicted octanol–water partition coefficient (Wildman–Crippen LogP) is 7.55. The summed E-state index contributed by atoms with van der Waals surface area (Å²) in [6.45, 7) is 1.75. The Labute approximate surface area is 374 Å². The highest BCUT2D eigenvalue weighted by Crippen LogP contribution is 2.37. The molecule has 2 amide bonds. The number of rotatable bonds is 19. The van der Waals surface area contributed by atoms with Crippen LogP contribution in [-0.4, -0.2) is 104 Å². The molecule has 0 aliphatic heterocycles. The van der Waals surface area contributed by atoms with Crippen LogP contribution < -0.4 is 10.6 Å². The van der Waals surface area contributed by atoms with Crippen LogP contribution in [0, 0.1) is 11.6 Å². The third-order valence-corrected chi connectivity index (χ3v) is 10.5. The number of aromatic nitrogens is 6. The first-order chi connectivity index (χ1) is 32.1. The lowest BCUT2D eigenvalue weighted by molar-refractivity contribution is 0.0458. The maximum atomic E-state index is 14.4. The second kappa shape index (κ2) is 20.1. The molecule has 4 aromatic heterocycles. The number of carbonyl (C=O) groups is 4. The van der Waals surface area contributed by atoms with Crippen molar-refractivity contribution in [3.63, 3.8) is 0 Å². The number of ether oxygens (including phenoxy) is 2. The van der Waals surface area contributed by atoms with E-state index in [4.69, 9.17) is 9.47 Å². The molecule has 0 bridgehead atoms. The van der Waals surface area contributed by atoms with Gasteiger partial charge in [0.2, 0.25) is 0 Å². The average Bonchev–Trinajstić information content (AvgIpc) is 3.97. The van der Waals surface area contributed by atoms with E-state index in [9.17, 15) is 38.2 Å². The molecule has 0 saturated heterocycles. The Bertz CT molecular complexity index is 2880. The van der Waals surface area contributed by atoms with Crippen LogP contribution in [0.4, 0.5) is 8.78 Å². The van der Waals surface area contributed by atoms with E-state index in [-0.39, 0.29) is 37.7 Å². The minimum Gasteiger partial charge on any atom is -0.478 e. The van der Waals surface area contributed by atoms with Crippen LogP contribution in [0.5, 0.6) is 0 Å². The van der Waals surface area contributed by atoms with Gasteiger partial charge in [-0.15, -0.1) is 0 Å². The Morgan fingerprint density at radius 2 is 0.939 bits per heavy atom. The lowest BCUT2D eigenvalue weighted by Gasteiger charge is -2.11. The summed E-state index contributed by atoms with van der Waals surface area (Å²) in [5.41, 5.74) is 3.87. The van der Waals surface area contributed by atoms with Crippen LogP contribution in [0.3, 0.4) is 0 Å². The highest BCUT2D eigenvalue weighted by molar-refractivity contribution is 6.08. The van der Waals surface area contributed by atoms with Crippen LogP contribution >= 0.6 is 0 Å². The summed E-state index contributed by atoms with van der Waals surface area (Å²) >= 11 is 0. The fourth-order valence-electron chi connectivity index (χ4n) is 7.33. The number of aromatic carboxylic acids is 2. The van der Waals surface area contributed by atoms with Crippen molar-refractivity contribution in [1.29, 1.82) is 0 Å².